The van der Waals surface area contributed by atoms with Gasteiger partial charge in [-0.3, -0.25) is 9.69 Å². The van der Waals surface area contributed by atoms with Crippen LogP contribution in [0.5, 0.6) is 11.5 Å². The number of benzene rings is 3. The first-order valence-electron chi connectivity index (χ1n) is 13.1. The van der Waals surface area contributed by atoms with Crippen LogP contribution in [0.3, 0.4) is 0 Å². The third kappa shape index (κ3) is 5.91. The van der Waals surface area contributed by atoms with Crippen molar-refractivity contribution in [1.29, 1.82) is 0 Å². The molecule has 0 bridgehead atoms. The second-order valence-electron chi connectivity index (χ2n) is 9.55. The molecule has 0 saturated carbocycles. The van der Waals surface area contributed by atoms with Gasteiger partial charge in [-0.1, -0.05) is 37.3 Å². The van der Waals surface area contributed by atoms with E-state index in [4.69, 9.17) is 24.4 Å². The van der Waals surface area contributed by atoms with Gasteiger partial charge in [-0.25, -0.2) is 0 Å². The summed E-state index contributed by atoms with van der Waals surface area (Å²) in [6, 6.07) is 20.2. The highest BCUT2D eigenvalue weighted by atomic mass is 16.6. The predicted octanol–water partition coefficient (Wildman–Crippen LogP) is 5.46. The number of hydrogen-bond acceptors (Lipinski definition) is 7. The number of morpholine rings is 1. The van der Waals surface area contributed by atoms with Crippen molar-refractivity contribution < 1.29 is 23.4 Å². The Kier molecular flexibility index (Phi) is 8.08. The molecule has 2 heterocycles. The van der Waals surface area contributed by atoms with Crippen LogP contribution in [0.25, 0.3) is 22.1 Å². The van der Waals surface area contributed by atoms with Gasteiger partial charge < -0.3 is 24.4 Å². The number of carbonyl (C=O) groups is 1. The van der Waals surface area contributed by atoms with Crippen LogP contribution in [0.2, 0.25) is 0 Å². The molecule has 0 amide bonds. The summed E-state index contributed by atoms with van der Waals surface area (Å²) in [5.41, 5.74) is 11.9. The number of carbonyl (C=O) groups excluding carboxylic acids is 1. The Bertz CT molecular complexity index is 1420. The summed E-state index contributed by atoms with van der Waals surface area (Å²) in [6.07, 6.45) is 0.757. The molecule has 4 aromatic rings. The van der Waals surface area contributed by atoms with Crippen molar-refractivity contribution in [3.63, 3.8) is 0 Å². The van der Waals surface area contributed by atoms with Crippen LogP contribution in [0.1, 0.15) is 36.3 Å². The second-order valence-corrected chi connectivity index (χ2v) is 9.55. The minimum absolute atomic E-state index is 0.314. The monoisotopic (exact) mass is 514 g/mol. The van der Waals surface area contributed by atoms with Crippen LogP contribution in [-0.2, 0) is 35.6 Å². The molecule has 3 aromatic carbocycles. The highest BCUT2D eigenvalue weighted by molar-refractivity contribution is 5.93. The molecular weight excluding hydrogens is 480 g/mol. The number of furan rings is 1. The lowest BCUT2D eigenvalue weighted by Crippen LogP contribution is -2.35. The standard InChI is InChI=1S/C31H34N2O5/c1-3-24-7-5-9-29(37-21(2)34)31(24)36-20-23-15-26-17-27(19-33-10-12-35-13-11-33)38-30(26)28(16-23)25-8-4-6-22(14-25)18-32/h4-9,14-17H,3,10-13,18-20,32H2,1-2H3. The summed E-state index contributed by atoms with van der Waals surface area (Å²) in [5, 5.41) is 1.02. The number of rotatable bonds is 9. The molecule has 0 spiro atoms. The van der Waals surface area contributed by atoms with E-state index in [9.17, 15) is 4.79 Å². The van der Waals surface area contributed by atoms with Crippen LogP contribution in [-0.4, -0.2) is 37.2 Å². The largest absolute Gasteiger partial charge is 0.485 e. The van der Waals surface area contributed by atoms with Crippen LogP contribution in [0.4, 0.5) is 0 Å². The van der Waals surface area contributed by atoms with E-state index in [0.717, 1.165) is 83.8 Å². The number of para-hydroxylation sites is 1. The fraction of sp³-hybridized carbons (Fsp3) is 0.323. The lowest BCUT2D eigenvalue weighted by molar-refractivity contribution is -0.132. The molecule has 1 saturated heterocycles. The molecule has 38 heavy (non-hydrogen) atoms. The van der Waals surface area contributed by atoms with Crippen LogP contribution >= 0.6 is 0 Å². The summed E-state index contributed by atoms with van der Waals surface area (Å²) in [6.45, 7) is 8.23. The minimum atomic E-state index is -0.377. The third-order valence-electron chi connectivity index (χ3n) is 6.76. The van der Waals surface area contributed by atoms with Crippen molar-refractivity contribution in [3.8, 4) is 22.6 Å². The topological polar surface area (TPSA) is 87.2 Å². The van der Waals surface area contributed by atoms with E-state index >= 15 is 0 Å². The molecule has 7 nitrogen and oxygen atoms in total. The first-order chi connectivity index (χ1) is 18.5. The summed E-state index contributed by atoms with van der Waals surface area (Å²) < 4.78 is 23.7. The molecule has 198 valence electrons. The zero-order chi connectivity index (χ0) is 26.5. The van der Waals surface area contributed by atoms with Gasteiger partial charge in [0.25, 0.3) is 0 Å². The number of nitrogens with zero attached hydrogens (tertiary/aromatic N) is 1. The Hall–Kier alpha value is -3.65. The molecule has 7 heteroatoms. The molecule has 1 aliphatic rings. The second kappa shape index (κ2) is 11.8. The zero-order valence-corrected chi connectivity index (χ0v) is 22.0. The van der Waals surface area contributed by atoms with Gasteiger partial charge >= 0.3 is 5.97 Å². The quantitative estimate of drug-likeness (QED) is 0.234. The molecular formula is C31H34N2O5. The number of esters is 1. The maximum atomic E-state index is 11.7. The summed E-state index contributed by atoms with van der Waals surface area (Å²) in [5.74, 6) is 1.57. The number of nitrogens with two attached hydrogens (primary N) is 1. The van der Waals surface area contributed by atoms with Gasteiger partial charge in [-0.15, -0.1) is 0 Å². The zero-order valence-electron chi connectivity index (χ0n) is 22.0. The smallest absolute Gasteiger partial charge is 0.308 e. The van der Waals surface area contributed by atoms with Crippen molar-refractivity contribution in [2.45, 2.75) is 40.0 Å². The van der Waals surface area contributed by atoms with E-state index in [-0.39, 0.29) is 5.97 Å². The van der Waals surface area contributed by atoms with E-state index in [1.165, 1.54) is 6.92 Å². The van der Waals surface area contributed by atoms with Crippen molar-refractivity contribution >= 4 is 16.9 Å². The van der Waals surface area contributed by atoms with E-state index in [2.05, 4.69) is 42.2 Å². The summed E-state index contributed by atoms with van der Waals surface area (Å²) >= 11 is 0. The SMILES string of the molecule is CCc1cccc(OC(C)=O)c1OCc1cc(-c2cccc(CN)c2)c2oc(CN3CCOCC3)cc2c1. The highest BCUT2D eigenvalue weighted by Gasteiger charge is 2.18. The Morgan fingerprint density at radius 1 is 1.03 bits per heavy atom. The Balaban J connectivity index is 1.51. The maximum absolute atomic E-state index is 11.7. The van der Waals surface area contributed by atoms with Gasteiger partial charge in [0.1, 0.15) is 18.0 Å². The molecule has 0 radical (unpaired) electrons. The highest BCUT2D eigenvalue weighted by Crippen LogP contribution is 2.36. The van der Waals surface area contributed by atoms with Gasteiger partial charge in [0, 0.05) is 37.5 Å². The molecule has 2 N–H and O–H groups in total. The summed E-state index contributed by atoms with van der Waals surface area (Å²) in [4.78, 5) is 14.0. The predicted molar refractivity (Wildman–Crippen MR) is 147 cm³/mol. The Morgan fingerprint density at radius 2 is 1.84 bits per heavy atom. The number of aryl methyl sites for hydroxylation is 1. The Morgan fingerprint density at radius 3 is 2.61 bits per heavy atom. The fourth-order valence-electron chi connectivity index (χ4n) is 4.88. The lowest BCUT2D eigenvalue weighted by atomic mass is 9.99. The van der Waals surface area contributed by atoms with Gasteiger partial charge in [0.15, 0.2) is 11.5 Å². The molecule has 0 aliphatic carbocycles. The van der Waals surface area contributed by atoms with Gasteiger partial charge in [0.05, 0.1) is 19.8 Å². The summed E-state index contributed by atoms with van der Waals surface area (Å²) in [7, 11) is 0. The average Bonchev–Trinajstić information content (AvgIpc) is 3.34. The third-order valence-corrected chi connectivity index (χ3v) is 6.76. The Labute approximate surface area is 223 Å². The van der Waals surface area contributed by atoms with E-state index in [1.54, 1.807) is 6.07 Å². The van der Waals surface area contributed by atoms with E-state index < -0.39 is 0 Å². The molecule has 0 unspecified atom stereocenters. The molecule has 5 rings (SSSR count). The molecule has 1 aromatic heterocycles. The van der Waals surface area contributed by atoms with E-state index in [1.807, 2.05) is 24.3 Å². The van der Waals surface area contributed by atoms with Crippen LogP contribution < -0.4 is 15.2 Å². The number of hydrogen-bond donors (Lipinski definition) is 1. The maximum Gasteiger partial charge on any atom is 0.308 e. The van der Waals surface area contributed by atoms with Crippen molar-refractivity contribution in [2.24, 2.45) is 5.73 Å². The van der Waals surface area contributed by atoms with E-state index in [0.29, 0.717) is 24.7 Å². The molecule has 0 atom stereocenters. The van der Waals surface area contributed by atoms with Gasteiger partial charge in [-0.2, -0.15) is 0 Å². The minimum Gasteiger partial charge on any atom is -0.485 e. The van der Waals surface area contributed by atoms with Crippen molar-refractivity contribution in [2.75, 3.05) is 26.3 Å². The molecule has 1 aliphatic heterocycles. The van der Waals surface area contributed by atoms with Crippen molar-refractivity contribution in [3.05, 3.63) is 83.1 Å². The van der Waals surface area contributed by atoms with Gasteiger partial charge in [0.2, 0.25) is 0 Å². The average molecular weight is 515 g/mol. The number of fused-ring (bicyclic) bond motifs is 1. The first kappa shape index (κ1) is 26.0. The van der Waals surface area contributed by atoms with Gasteiger partial charge in [-0.05, 0) is 59.0 Å². The normalized spacial score (nSPS) is 14.1. The first-order valence-corrected chi connectivity index (χ1v) is 13.1. The lowest BCUT2D eigenvalue weighted by Gasteiger charge is -2.25. The van der Waals surface area contributed by atoms with Crippen molar-refractivity contribution in [1.82, 2.24) is 4.90 Å². The van der Waals surface area contributed by atoms with Crippen LogP contribution in [0, 0.1) is 0 Å². The number of ether oxygens (including phenoxy) is 3. The van der Waals surface area contributed by atoms with Crippen LogP contribution in [0.15, 0.2) is 65.1 Å². The fourth-order valence-corrected chi connectivity index (χ4v) is 4.88. The molecule has 1 fully saturated rings.